The van der Waals surface area contributed by atoms with E-state index in [4.69, 9.17) is 5.11 Å². The van der Waals surface area contributed by atoms with E-state index in [0.717, 1.165) is 20.8 Å². The Morgan fingerprint density at radius 1 is 1.58 bits per heavy atom. The normalized spacial score (nSPS) is 11.2. The van der Waals surface area contributed by atoms with Gasteiger partial charge in [-0.25, -0.2) is 4.68 Å². The number of hydrogen-bond donors (Lipinski definition) is 2. The molecular formula is C12H15N3O3S. The van der Waals surface area contributed by atoms with E-state index >= 15 is 0 Å². The summed E-state index contributed by atoms with van der Waals surface area (Å²) in [5.41, 5.74) is 0.391. The van der Waals surface area contributed by atoms with Crippen molar-refractivity contribution in [2.45, 2.75) is 26.3 Å². The van der Waals surface area contributed by atoms with Gasteiger partial charge in [0.05, 0.1) is 10.7 Å². The van der Waals surface area contributed by atoms with E-state index in [1.807, 2.05) is 19.9 Å². The van der Waals surface area contributed by atoms with Crippen molar-refractivity contribution in [3.63, 3.8) is 0 Å². The van der Waals surface area contributed by atoms with Gasteiger partial charge in [0.25, 0.3) is 5.56 Å². The van der Waals surface area contributed by atoms with Crippen LogP contribution in [-0.2, 0) is 11.3 Å². The highest BCUT2D eigenvalue weighted by atomic mass is 32.1. The second-order valence-electron chi connectivity index (χ2n) is 4.50. The topological polar surface area (TPSA) is 84.2 Å². The Kier molecular flexibility index (Phi) is 3.57. The predicted octanol–water partition coefficient (Wildman–Crippen LogP) is 1.71. The maximum absolute atomic E-state index is 12.2. The third kappa shape index (κ3) is 2.46. The number of carboxylic acids is 1. The van der Waals surface area contributed by atoms with E-state index in [1.165, 1.54) is 11.3 Å². The second kappa shape index (κ2) is 5.00. The number of fused-ring (bicyclic) bond motifs is 1. The average Bonchev–Trinajstić information content (AvgIpc) is 2.76. The van der Waals surface area contributed by atoms with Crippen LogP contribution in [0.4, 0.5) is 5.00 Å². The van der Waals surface area contributed by atoms with Crippen molar-refractivity contribution in [1.82, 2.24) is 9.78 Å². The van der Waals surface area contributed by atoms with Crippen molar-refractivity contribution in [3.8, 4) is 0 Å². The molecule has 0 radical (unpaired) electrons. The molecule has 0 unspecified atom stereocenters. The summed E-state index contributed by atoms with van der Waals surface area (Å²) < 4.78 is 1.57. The summed E-state index contributed by atoms with van der Waals surface area (Å²) in [4.78, 5) is 23.0. The lowest BCUT2D eigenvalue weighted by molar-refractivity contribution is -0.138. The van der Waals surface area contributed by atoms with Gasteiger partial charge in [0.1, 0.15) is 11.2 Å². The standard InChI is InChI=1S/C12H15N3O3S/c1-6(2)10-7-4-8(13-3)19-11(7)12(18)15(14-10)5-9(16)17/h4,6,13H,5H2,1-3H3,(H,16,17). The van der Waals surface area contributed by atoms with E-state index in [1.54, 1.807) is 7.05 Å². The number of rotatable bonds is 4. The van der Waals surface area contributed by atoms with Gasteiger partial charge in [0, 0.05) is 12.4 Å². The quantitative estimate of drug-likeness (QED) is 0.891. The molecule has 0 bridgehead atoms. The maximum Gasteiger partial charge on any atom is 0.325 e. The van der Waals surface area contributed by atoms with Crippen molar-refractivity contribution in [1.29, 1.82) is 0 Å². The Morgan fingerprint density at radius 2 is 2.26 bits per heavy atom. The zero-order chi connectivity index (χ0) is 14.2. The molecule has 2 N–H and O–H groups in total. The van der Waals surface area contributed by atoms with E-state index in [0.29, 0.717) is 4.70 Å². The fraction of sp³-hybridized carbons (Fsp3) is 0.417. The SMILES string of the molecule is CNc1cc2c(C(C)C)nn(CC(=O)O)c(=O)c2s1. The van der Waals surface area contributed by atoms with Gasteiger partial charge in [-0.05, 0) is 12.0 Å². The molecule has 0 spiro atoms. The number of aliphatic carboxylic acids is 1. The lowest BCUT2D eigenvalue weighted by atomic mass is 10.1. The van der Waals surface area contributed by atoms with Gasteiger partial charge in [-0.2, -0.15) is 5.10 Å². The molecule has 0 aromatic carbocycles. The number of carboxylic acid groups (broad SMARTS) is 1. The summed E-state index contributed by atoms with van der Waals surface area (Å²) in [6.07, 6.45) is 0. The largest absolute Gasteiger partial charge is 0.480 e. The molecule has 6 nitrogen and oxygen atoms in total. The van der Waals surface area contributed by atoms with Crippen LogP contribution >= 0.6 is 11.3 Å². The number of hydrogen-bond acceptors (Lipinski definition) is 5. The lowest BCUT2D eigenvalue weighted by Crippen LogP contribution is -2.27. The second-order valence-corrected chi connectivity index (χ2v) is 5.55. The molecule has 2 rings (SSSR count). The number of nitrogens with one attached hydrogen (secondary N) is 1. The van der Waals surface area contributed by atoms with Crippen LogP contribution in [0.2, 0.25) is 0 Å². The molecule has 102 valence electrons. The summed E-state index contributed by atoms with van der Waals surface area (Å²) in [6, 6.07) is 1.88. The van der Waals surface area contributed by atoms with Crippen LogP contribution in [0.3, 0.4) is 0 Å². The van der Waals surface area contributed by atoms with Gasteiger partial charge in [0.2, 0.25) is 0 Å². The molecule has 7 heteroatoms. The first kappa shape index (κ1) is 13.5. The highest BCUT2D eigenvalue weighted by molar-refractivity contribution is 7.22. The first-order valence-corrected chi connectivity index (χ1v) is 6.69. The zero-order valence-corrected chi connectivity index (χ0v) is 11.7. The van der Waals surface area contributed by atoms with Crippen LogP contribution in [-0.4, -0.2) is 27.9 Å². The Labute approximate surface area is 113 Å². The first-order chi connectivity index (χ1) is 8.93. The van der Waals surface area contributed by atoms with Crippen molar-refractivity contribution >= 4 is 32.4 Å². The maximum atomic E-state index is 12.2. The third-order valence-corrected chi connectivity index (χ3v) is 3.88. The van der Waals surface area contributed by atoms with Crippen LogP contribution in [0.25, 0.3) is 10.1 Å². The minimum Gasteiger partial charge on any atom is -0.480 e. The minimum atomic E-state index is -1.07. The van der Waals surface area contributed by atoms with Crippen LogP contribution < -0.4 is 10.9 Å². The highest BCUT2D eigenvalue weighted by Gasteiger charge is 2.17. The molecule has 0 atom stereocenters. The molecule has 2 heterocycles. The number of aromatic nitrogens is 2. The molecule has 0 amide bonds. The highest BCUT2D eigenvalue weighted by Crippen LogP contribution is 2.31. The fourth-order valence-corrected chi connectivity index (χ4v) is 2.84. The van der Waals surface area contributed by atoms with Crippen LogP contribution in [0.1, 0.15) is 25.5 Å². The molecule has 19 heavy (non-hydrogen) atoms. The molecule has 0 aliphatic carbocycles. The van der Waals surface area contributed by atoms with Gasteiger partial charge in [0.15, 0.2) is 0 Å². The Morgan fingerprint density at radius 3 is 2.79 bits per heavy atom. The van der Waals surface area contributed by atoms with Crippen molar-refractivity contribution < 1.29 is 9.90 Å². The Bertz CT molecular complexity index is 687. The summed E-state index contributed by atoms with van der Waals surface area (Å²) in [5.74, 6) is -0.962. The molecule has 0 fully saturated rings. The van der Waals surface area contributed by atoms with E-state index in [-0.39, 0.29) is 11.5 Å². The van der Waals surface area contributed by atoms with Gasteiger partial charge in [-0.3, -0.25) is 9.59 Å². The molecule has 2 aromatic rings. The molecule has 0 aliphatic heterocycles. The summed E-state index contributed by atoms with van der Waals surface area (Å²) >= 11 is 1.32. The molecule has 2 aromatic heterocycles. The van der Waals surface area contributed by atoms with E-state index in [9.17, 15) is 9.59 Å². The number of thiophene rings is 1. The van der Waals surface area contributed by atoms with Crippen LogP contribution in [0, 0.1) is 0 Å². The van der Waals surface area contributed by atoms with Gasteiger partial charge in [-0.1, -0.05) is 13.8 Å². The monoisotopic (exact) mass is 281 g/mol. The number of carbonyl (C=O) groups is 1. The van der Waals surface area contributed by atoms with Crippen LogP contribution in [0.5, 0.6) is 0 Å². The Hall–Kier alpha value is -1.89. The molecule has 0 aliphatic rings. The number of anilines is 1. The van der Waals surface area contributed by atoms with E-state index < -0.39 is 12.5 Å². The van der Waals surface area contributed by atoms with Gasteiger partial charge in [-0.15, -0.1) is 11.3 Å². The lowest BCUT2D eigenvalue weighted by Gasteiger charge is -2.09. The van der Waals surface area contributed by atoms with Gasteiger partial charge < -0.3 is 10.4 Å². The van der Waals surface area contributed by atoms with Crippen molar-refractivity contribution in [2.75, 3.05) is 12.4 Å². The summed E-state index contributed by atoms with van der Waals surface area (Å²) in [6.45, 7) is 3.52. The molecule has 0 saturated heterocycles. The predicted molar refractivity (Wildman–Crippen MR) is 75.2 cm³/mol. The summed E-state index contributed by atoms with van der Waals surface area (Å²) in [7, 11) is 1.78. The fourth-order valence-electron chi connectivity index (χ4n) is 1.87. The average molecular weight is 281 g/mol. The number of nitrogens with zero attached hydrogens (tertiary/aromatic N) is 2. The first-order valence-electron chi connectivity index (χ1n) is 5.88. The smallest absolute Gasteiger partial charge is 0.325 e. The molecular weight excluding hydrogens is 266 g/mol. The van der Waals surface area contributed by atoms with Gasteiger partial charge >= 0.3 is 5.97 Å². The molecule has 0 saturated carbocycles. The third-order valence-electron chi connectivity index (χ3n) is 2.74. The van der Waals surface area contributed by atoms with Crippen molar-refractivity contribution in [3.05, 3.63) is 22.1 Å². The van der Waals surface area contributed by atoms with Crippen LogP contribution in [0.15, 0.2) is 10.9 Å². The summed E-state index contributed by atoms with van der Waals surface area (Å²) in [5, 5.41) is 17.7. The van der Waals surface area contributed by atoms with E-state index in [2.05, 4.69) is 10.4 Å². The minimum absolute atomic E-state index is 0.113. The van der Waals surface area contributed by atoms with Crippen molar-refractivity contribution in [2.24, 2.45) is 0 Å². The zero-order valence-electron chi connectivity index (χ0n) is 10.9. The Balaban J connectivity index is 2.76.